The lowest BCUT2D eigenvalue weighted by molar-refractivity contribution is 0.0651. The van der Waals surface area contributed by atoms with E-state index in [0.29, 0.717) is 45.5 Å². The van der Waals surface area contributed by atoms with Gasteiger partial charge in [-0.3, -0.25) is 0 Å². The third-order valence-electron chi connectivity index (χ3n) is 6.62. The van der Waals surface area contributed by atoms with Gasteiger partial charge in [-0.2, -0.15) is 0 Å². The Kier molecular flexibility index (Phi) is 7.68. The molecule has 0 saturated heterocycles. The van der Waals surface area contributed by atoms with Gasteiger partial charge in [-0.05, 0) is 48.5 Å². The van der Waals surface area contributed by atoms with Gasteiger partial charge in [0.2, 0.25) is 0 Å². The van der Waals surface area contributed by atoms with Gasteiger partial charge in [0.05, 0.1) is 12.2 Å². The zero-order valence-electron chi connectivity index (χ0n) is 20.2. The van der Waals surface area contributed by atoms with E-state index >= 15 is 0 Å². The summed E-state index contributed by atoms with van der Waals surface area (Å²) in [6.07, 6.45) is -1.06. The van der Waals surface area contributed by atoms with Crippen molar-refractivity contribution in [1.82, 2.24) is 0 Å². The highest BCUT2D eigenvalue weighted by molar-refractivity contribution is 6.31. The first kappa shape index (κ1) is 26.2. The van der Waals surface area contributed by atoms with Crippen molar-refractivity contribution in [2.75, 3.05) is 0 Å². The molecule has 4 aromatic carbocycles. The second-order valence-corrected chi connectivity index (χ2v) is 10.0. The molecule has 0 spiro atoms. The van der Waals surface area contributed by atoms with Crippen LogP contribution in [0, 0.1) is 0 Å². The lowest BCUT2D eigenvalue weighted by Crippen LogP contribution is -2.19. The first-order chi connectivity index (χ1) is 18.3. The highest BCUT2D eigenvalue weighted by atomic mass is 35.5. The Morgan fingerprint density at radius 3 is 1.34 bits per heavy atom. The summed E-state index contributed by atoms with van der Waals surface area (Å²) in [5.74, 6) is 1.41. The van der Waals surface area contributed by atoms with Crippen molar-refractivity contribution in [2.24, 2.45) is 0 Å². The van der Waals surface area contributed by atoms with Gasteiger partial charge in [0.15, 0.2) is 0 Å². The Hall–Kier alpha value is -3.42. The second-order valence-electron chi connectivity index (χ2n) is 9.20. The lowest BCUT2D eigenvalue weighted by atomic mass is 9.95. The predicted octanol–water partition coefficient (Wildman–Crippen LogP) is 7.21. The molecule has 6 rings (SSSR count). The molecule has 4 N–H and O–H groups in total. The van der Waals surface area contributed by atoms with Crippen LogP contribution in [0.2, 0.25) is 10.0 Å². The van der Waals surface area contributed by atoms with Crippen molar-refractivity contribution in [3.8, 4) is 23.0 Å². The summed E-state index contributed by atoms with van der Waals surface area (Å²) < 4.78 is 11.7. The van der Waals surface area contributed by atoms with Gasteiger partial charge in [-0.1, -0.05) is 59.6 Å². The average molecular weight is 553 g/mol. The number of hydrogen-bond acceptors (Lipinski definition) is 6. The summed E-state index contributed by atoms with van der Waals surface area (Å²) in [5, 5.41) is 40.5. The first-order valence-corrected chi connectivity index (χ1v) is 12.9. The van der Waals surface area contributed by atoms with Crippen LogP contribution in [0.1, 0.15) is 59.5 Å². The van der Waals surface area contributed by atoms with Crippen molar-refractivity contribution in [3.63, 3.8) is 0 Å². The molecule has 4 atom stereocenters. The number of hydrogen-bond donors (Lipinski definition) is 4. The third kappa shape index (κ3) is 5.54. The highest BCUT2D eigenvalue weighted by Crippen LogP contribution is 2.44. The van der Waals surface area contributed by atoms with E-state index in [1.54, 1.807) is 36.4 Å². The predicted molar refractivity (Wildman–Crippen MR) is 145 cm³/mol. The van der Waals surface area contributed by atoms with Crippen LogP contribution >= 0.6 is 23.2 Å². The van der Waals surface area contributed by atoms with Gasteiger partial charge in [0.25, 0.3) is 0 Å². The minimum absolute atomic E-state index is 0.123. The van der Waals surface area contributed by atoms with E-state index < -0.39 is 12.2 Å². The zero-order chi connectivity index (χ0) is 26.8. The Balaban J connectivity index is 0.000000155. The monoisotopic (exact) mass is 552 g/mol. The molecule has 0 saturated carbocycles. The molecule has 4 aromatic rings. The standard InChI is InChI=1S/2C15H13ClO3/c2*16-12-4-2-1-3-10(12)15-8-13(18)11-7-9(17)5-6-14(11)19-15/h2*1-7,13,15,17-18H,8H2. The number of aliphatic hydroxyl groups excluding tert-OH is 2. The number of benzene rings is 4. The van der Waals surface area contributed by atoms with Crippen LogP contribution in [0.3, 0.4) is 0 Å². The molecule has 0 radical (unpaired) electrons. The maximum absolute atomic E-state index is 10.2. The fourth-order valence-electron chi connectivity index (χ4n) is 4.72. The van der Waals surface area contributed by atoms with Gasteiger partial charge in [0, 0.05) is 45.1 Å². The van der Waals surface area contributed by atoms with Crippen molar-refractivity contribution in [1.29, 1.82) is 0 Å². The van der Waals surface area contributed by atoms with Crippen molar-refractivity contribution < 1.29 is 29.9 Å². The first-order valence-electron chi connectivity index (χ1n) is 12.1. The minimum atomic E-state index is -0.669. The van der Waals surface area contributed by atoms with Crippen LogP contribution in [0.4, 0.5) is 0 Å². The maximum atomic E-state index is 10.2. The van der Waals surface area contributed by atoms with Crippen molar-refractivity contribution in [2.45, 2.75) is 37.3 Å². The Morgan fingerprint density at radius 1 is 0.553 bits per heavy atom. The van der Waals surface area contributed by atoms with Crippen LogP contribution < -0.4 is 9.47 Å². The Bertz CT molecular complexity index is 1330. The molecule has 0 bridgehead atoms. The smallest absolute Gasteiger partial charge is 0.128 e. The van der Waals surface area contributed by atoms with Crippen LogP contribution in [0.25, 0.3) is 0 Å². The van der Waals surface area contributed by atoms with E-state index in [-0.39, 0.29) is 23.7 Å². The molecular weight excluding hydrogens is 527 g/mol. The van der Waals surface area contributed by atoms with Crippen LogP contribution in [-0.2, 0) is 0 Å². The summed E-state index contributed by atoms with van der Waals surface area (Å²) in [4.78, 5) is 0. The van der Waals surface area contributed by atoms with Gasteiger partial charge in [0.1, 0.15) is 35.2 Å². The number of phenols is 2. The fourth-order valence-corrected chi connectivity index (χ4v) is 5.24. The quantitative estimate of drug-likeness (QED) is 0.210. The largest absolute Gasteiger partial charge is 0.508 e. The van der Waals surface area contributed by atoms with Crippen LogP contribution in [0.5, 0.6) is 23.0 Å². The number of fused-ring (bicyclic) bond motifs is 2. The molecule has 2 aliphatic heterocycles. The van der Waals surface area contributed by atoms with E-state index in [1.165, 1.54) is 12.1 Å². The van der Waals surface area contributed by atoms with Crippen molar-refractivity contribution in [3.05, 3.63) is 117 Å². The SMILES string of the molecule is Oc1ccc2c(c1)C(O)CC(c1ccccc1Cl)O2.Oc1ccc2c(c1)C(O)CC(c1ccccc1Cl)O2. The molecule has 0 aromatic heterocycles. The van der Waals surface area contributed by atoms with E-state index in [4.69, 9.17) is 32.7 Å². The molecule has 6 nitrogen and oxygen atoms in total. The third-order valence-corrected chi connectivity index (χ3v) is 7.31. The fraction of sp³-hybridized carbons (Fsp3) is 0.200. The van der Waals surface area contributed by atoms with E-state index in [2.05, 4.69) is 0 Å². The van der Waals surface area contributed by atoms with E-state index in [0.717, 1.165) is 11.1 Å². The number of halogens is 2. The van der Waals surface area contributed by atoms with Gasteiger partial charge < -0.3 is 29.9 Å². The summed E-state index contributed by atoms with van der Waals surface area (Å²) in [5.41, 5.74) is 2.95. The zero-order valence-corrected chi connectivity index (χ0v) is 21.7. The number of rotatable bonds is 2. The van der Waals surface area contributed by atoms with Crippen LogP contribution in [-0.4, -0.2) is 20.4 Å². The summed E-state index contributed by atoms with van der Waals surface area (Å²) in [6.45, 7) is 0. The molecule has 4 unspecified atom stereocenters. The number of ether oxygens (including phenoxy) is 2. The van der Waals surface area contributed by atoms with Crippen molar-refractivity contribution >= 4 is 23.2 Å². The summed E-state index contributed by atoms with van der Waals surface area (Å²) in [7, 11) is 0. The molecule has 0 aliphatic carbocycles. The minimum Gasteiger partial charge on any atom is -0.508 e. The molecule has 2 heterocycles. The number of aromatic hydroxyl groups is 2. The molecular formula is C30H26Cl2O6. The Labute approximate surface area is 230 Å². The molecule has 2 aliphatic rings. The molecule has 38 heavy (non-hydrogen) atoms. The summed E-state index contributed by atoms with van der Waals surface area (Å²) in [6, 6.07) is 24.4. The Morgan fingerprint density at radius 2 is 0.947 bits per heavy atom. The second kappa shape index (κ2) is 11.1. The lowest BCUT2D eigenvalue weighted by Gasteiger charge is -2.30. The normalized spacial score (nSPS) is 21.6. The van der Waals surface area contributed by atoms with Gasteiger partial charge >= 0.3 is 0 Å². The van der Waals surface area contributed by atoms with E-state index in [9.17, 15) is 20.4 Å². The topological polar surface area (TPSA) is 99.4 Å². The van der Waals surface area contributed by atoms with E-state index in [1.807, 2.05) is 36.4 Å². The highest BCUT2D eigenvalue weighted by Gasteiger charge is 2.30. The van der Waals surface area contributed by atoms with Gasteiger partial charge in [-0.15, -0.1) is 0 Å². The van der Waals surface area contributed by atoms with Crippen LogP contribution in [0.15, 0.2) is 84.9 Å². The maximum Gasteiger partial charge on any atom is 0.128 e. The summed E-state index contributed by atoms with van der Waals surface area (Å²) >= 11 is 12.3. The molecule has 0 amide bonds. The molecule has 8 heteroatoms. The van der Waals surface area contributed by atoms with Gasteiger partial charge in [-0.25, -0.2) is 0 Å². The molecule has 196 valence electrons. The number of phenolic OH excluding ortho intramolecular Hbond substituents is 2. The number of aliphatic hydroxyl groups is 2. The average Bonchev–Trinajstić information content (AvgIpc) is 2.90. The molecule has 0 fully saturated rings.